The van der Waals surface area contributed by atoms with Gasteiger partial charge >= 0.3 is 5.97 Å². The number of fused-ring (bicyclic) bond motifs is 3. The Morgan fingerprint density at radius 1 is 1.31 bits per heavy atom. The van der Waals surface area contributed by atoms with E-state index in [0.29, 0.717) is 35.3 Å². The fraction of sp³-hybridized carbons (Fsp3) is 0.320. The maximum Gasteiger partial charge on any atom is 0.342 e. The first kappa shape index (κ1) is 21.7. The van der Waals surface area contributed by atoms with Crippen LogP contribution in [-0.2, 0) is 16.0 Å². The summed E-state index contributed by atoms with van der Waals surface area (Å²) in [5.74, 6) is -1.17. The Morgan fingerprint density at radius 3 is 2.78 bits per heavy atom. The number of carbonyl (C=O) groups excluding carboxylic acids is 2. The zero-order valence-corrected chi connectivity index (χ0v) is 18.6. The zero-order valence-electron chi connectivity index (χ0n) is 18.6. The number of amides is 1. The number of hydrogen-bond acceptors (Lipinski definition) is 4. The summed E-state index contributed by atoms with van der Waals surface area (Å²) in [6, 6.07) is 7.91. The third-order valence-corrected chi connectivity index (χ3v) is 5.72. The number of rotatable bonds is 4. The molecule has 0 saturated carbocycles. The van der Waals surface area contributed by atoms with Crippen molar-refractivity contribution >= 4 is 28.5 Å². The predicted molar refractivity (Wildman–Crippen MR) is 120 cm³/mol. The molecule has 0 aliphatic carbocycles. The number of pyridine rings is 1. The van der Waals surface area contributed by atoms with Gasteiger partial charge in [0.25, 0.3) is 5.91 Å². The van der Waals surface area contributed by atoms with Gasteiger partial charge in [0.05, 0.1) is 17.4 Å². The fourth-order valence-electron chi connectivity index (χ4n) is 4.09. The second-order valence-corrected chi connectivity index (χ2v) is 8.32. The maximum atomic E-state index is 13.8. The Labute approximate surface area is 186 Å². The molecular formula is C25H26FN3O3. The number of benzene rings is 1. The average Bonchev–Trinajstić information content (AvgIpc) is 3.03. The highest BCUT2D eigenvalue weighted by Crippen LogP contribution is 2.34. The smallest absolute Gasteiger partial charge is 0.342 e. The third-order valence-electron chi connectivity index (χ3n) is 5.72. The molecule has 166 valence electrons. The molecule has 0 spiro atoms. The molecule has 3 aromatic rings. The van der Waals surface area contributed by atoms with Gasteiger partial charge in [-0.05, 0) is 75.1 Å². The topological polar surface area (TPSA) is 75.3 Å². The molecule has 4 rings (SSSR count). The highest BCUT2D eigenvalue weighted by atomic mass is 19.1. The summed E-state index contributed by atoms with van der Waals surface area (Å²) < 4.78 is 19.3. The number of hydrogen-bond donors (Lipinski definition) is 1. The van der Waals surface area contributed by atoms with Crippen molar-refractivity contribution in [2.45, 2.75) is 52.7 Å². The van der Waals surface area contributed by atoms with Gasteiger partial charge in [0.1, 0.15) is 11.5 Å². The summed E-state index contributed by atoms with van der Waals surface area (Å²) in [5, 5.41) is 0.913. The molecule has 0 saturated heterocycles. The van der Waals surface area contributed by atoms with Crippen LogP contribution < -0.4 is 0 Å². The molecule has 6 nitrogen and oxygen atoms in total. The van der Waals surface area contributed by atoms with Crippen LogP contribution in [0.1, 0.15) is 54.4 Å². The Hall–Kier alpha value is -3.48. The molecule has 1 amide bonds. The maximum absolute atomic E-state index is 13.8. The van der Waals surface area contributed by atoms with Crippen molar-refractivity contribution in [1.29, 1.82) is 0 Å². The molecule has 7 heteroatoms. The highest BCUT2D eigenvalue weighted by molar-refractivity contribution is 6.18. The minimum Gasteiger partial charge on any atom is -0.459 e. The molecule has 1 unspecified atom stereocenters. The van der Waals surface area contributed by atoms with Crippen molar-refractivity contribution in [2.24, 2.45) is 0 Å². The quantitative estimate of drug-likeness (QED) is 0.599. The minimum absolute atomic E-state index is 0.199. The van der Waals surface area contributed by atoms with Crippen LogP contribution in [0.25, 0.3) is 16.6 Å². The lowest BCUT2D eigenvalue weighted by molar-refractivity contribution is -0.140. The minimum atomic E-state index is -0.516. The predicted octanol–water partition coefficient (Wildman–Crippen LogP) is 4.78. The van der Waals surface area contributed by atoms with Gasteiger partial charge < -0.3 is 14.6 Å². The van der Waals surface area contributed by atoms with E-state index >= 15 is 0 Å². The normalized spacial score (nSPS) is 16.0. The second-order valence-electron chi connectivity index (χ2n) is 8.32. The zero-order chi connectivity index (χ0) is 23.0. The van der Waals surface area contributed by atoms with Crippen LogP contribution in [0, 0.1) is 12.7 Å². The third kappa shape index (κ3) is 3.90. The lowest BCUT2D eigenvalue weighted by Gasteiger charge is -2.27. The van der Waals surface area contributed by atoms with Crippen LogP contribution >= 0.6 is 0 Å². The van der Waals surface area contributed by atoms with Gasteiger partial charge in [-0.2, -0.15) is 0 Å². The largest absolute Gasteiger partial charge is 0.459 e. The molecule has 1 N–H and O–H groups in total. The van der Waals surface area contributed by atoms with Crippen molar-refractivity contribution in [2.75, 3.05) is 0 Å². The average molecular weight is 435 g/mol. The molecule has 1 aromatic carbocycles. The van der Waals surface area contributed by atoms with E-state index in [4.69, 9.17) is 4.74 Å². The van der Waals surface area contributed by atoms with Crippen molar-refractivity contribution in [3.05, 3.63) is 70.9 Å². The number of carbonyl (C=O) groups is 2. The first-order valence-electron chi connectivity index (χ1n) is 10.8. The summed E-state index contributed by atoms with van der Waals surface area (Å²) in [4.78, 5) is 35.8. The number of aromatic nitrogens is 2. The lowest BCUT2D eigenvalue weighted by atomic mass is 9.99. The van der Waals surface area contributed by atoms with E-state index in [9.17, 15) is 14.0 Å². The summed E-state index contributed by atoms with van der Waals surface area (Å²) in [7, 11) is 0. The van der Waals surface area contributed by atoms with E-state index in [-0.39, 0.29) is 29.4 Å². The van der Waals surface area contributed by atoms with Gasteiger partial charge in [-0.1, -0.05) is 6.92 Å². The Bertz CT molecular complexity index is 1230. The summed E-state index contributed by atoms with van der Waals surface area (Å²) in [6.07, 6.45) is 4.15. The number of aromatic amines is 1. The van der Waals surface area contributed by atoms with Crippen LogP contribution in [0.4, 0.5) is 4.39 Å². The first-order valence-corrected chi connectivity index (χ1v) is 10.8. The number of esters is 1. The van der Waals surface area contributed by atoms with Gasteiger partial charge in [-0.15, -0.1) is 0 Å². The molecule has 0 radical (unpaired) electrons. The van der Waals surface area contributed by atoms with Crippen LogP contribution in [-0.4, -0.2) is 38.9 Å². The number of nitrogens with zero attached hydrogens (tertiary/aromatic N) is 2. The summed E-state index contributed by atoms with van der Waals surface area (Å²) in [5.41, 5.74) is 3.27. The van der Waals surface area contributed by atoms with Gasteiger partial charge in [0.15, 0.2) is 0 Å². The fourth-order valence-corrected chi connectivity index (χ4v) is 4.09. The van der Waals surface area contributed by atoms with Crippen LogP contribution in [0.5, 0.6) is 0 Å². The SMILES string of the molecule is CCC1Cc2c([nH]c3ncccc23)C(C(=O)OC(C)C)=CN1C(=O)c1ccc(F)c(C)c1. The van der Waals surface area contributed by atoms with Gasteiger partial charge in [-0.3, -0.25) is 4.79 Å². The van der Waals surface area contributed by atoms with Crippen LogP contribution in [0.2, 0.25) is 0 Å². The van der Waals surface area contributed by atoms with Crippen molar-refractivity contribution < 1.29 is 18.7 Å². The van der Waals surface area contributed by atoms with Crippen LogP contribution in [0.3, 0.4) is 0 Å². The monoisotopic (exact) mass is 435 g/mol. The number of nitrogens with one attached hydrogen (secondary N) is 1. The Balaban J connectivity index is 1.87. The Kier molecular flexibility index (Phi) is 5.82. The molecule has 2 aromatic heterocycles. The van der Waals surface area contributed by atoms with E-state index in [1.807, 2.05) is 19.1 Å². The number of H-pyrrole nitrogens is 1. The van der Waals surface area contributed by atoms with Gasteiger partial charge in [0, 0.05) is 29.4 Å². The van der Waals surface area contributed by atoms with E-state index in [1.54, 1.807) is 38.1 Å². The molecule has 1 aliphatic rings. The lowest BCUT2D eigenvalue weighted by Crippen LogP contribution is -2.37. The standard InChI is InChI=1S/C25H26FN3O3/c1-5-17-12-19-18-7-6-10-27-23(18)28-22(19)20(25(31)32-14(2)3)13-29(17)24(30)16-8-9-21(26)15(4)11-16/h6-11,13-14,17H,5,12H2,1-4H3,(H,27,28). The summed E-state index contributed by atoms with van der Waals surface area (Å²) in [6.45, 7) is 7.18. The van der Waals surface area contributed by atoms with Crippen molar-refractivity contribution in [1.82, 2.24) is 14.9 Å². The van der Waals surface area contributed by atoms with Crippen LogP contribution in [0.15, 0.2) is 42.7 Å². The molecule has 1 atom stereocenters. The van der Waals surface area contributed by atoms with Gasteiger partial charge in [0.2, 0.25) is 0 Å². The molecular weight excluding hydrogens is 409 g/mol. The Morgan fingerprint density at radius 2 is 2.09 bits per heavy atom. The van der Waals surface area contributed by atoms with Gasteiger partial charge in [-0.25, -0.2) is 14.2 Å². The molecule has 32 heavy (non-hydrogen) atoms. The second kappa shape index (κ2) is 8.57. The molecule has 3 heterocycles. The van der Waals surface area contributed by atoms with E-state index < -0.39 is 5.97 Å². The van der Waals surface area contributed by atoms with Crippen molar-refractivity contribution in [3.63, 3.8) is 0 Å². The molecule has 1 aliphatic heterocycles. The first-order chi connectivity index (χ1) is 15.3. The number of halogens is 1. The van der Waals surface area contributed by atoms with E-state index in [0.717, 1.165) is 10.9 Å². The van der Waals surface area contributed by atoms with E-state index in [2.05, 4.69) is 9.97 Å². The molecule has 0 bridgehead atoms. The highest BCUT2D eigenvalue weighted by Gasteiger charge is 2.33. The number of ether oxygens (including phenoxy) is 1. The summed E-state index contributed by atoms with van der Waals surface area (Å²) >= 11 is 0. The number of aryl methyl sites for hydroxylation is 1. The van der Waals surface area contributed by atoms with Crippen molar-refractivity contribution in [3.8, 4) is 0 Å². The van der Waals surface area contributed by atoms with E-state index in [1.165, 1.54) is 18.2 Å². The molecule has 0 fully saturated rings.